The van der Waals surface area contributed by atoms with E-state index in [0.29, 0.717) is 11.0 Å². The zero-order valence-corrected chi connectivity index (χ0v) is 12.1. The van der Waals surface area contributed by atoms with E-state index >= 15 is 0 Å². The van der Waals surface area contributed by atoms with Crippen molar-refractivity contribution in [3.63, 3.8) is 0 Å². The van der Waals surface area contributed by atoms with Gasteiger partial charge in [-0.15, -0.1) is 0 Å². The second-order valence-corrected chi connectivity index (χ2v) is 5.59. The van der Waals surface area contributed by atoms with Gasteiger partial charge in [0.2, 0.25) is 5.91 Å². The maximum atomic E-state index is 13.6. The number of hydrogen-bond acceptors (Lipinski definition) is 3. The summed E-state index contributed by atoms with van der Waals surface area (Å²) in [5.74, 6) is -0.652. The molecule has 1 amide bonds. The van der Waals surface area contributed by atoms with Crippen LogP contribution in [0.3, 0.4) is 0 Å². The highest BCUT2D eigenvalue weighted by molar-refractivity contribution is 9.10. The summed E-state index contributed by atoms with van der Waals surface area (Å²) in [5, 5.41) is 2.59. The second-order valence-electron chi connectivity index (χ2n) is 4.67. The first kappa shape index (κ1) is 14.4. The molecule has 0 saturated carbocycles. The summed E-state index contributed by atoms with van der Waals surface area (Å²) < 4.78 is 14.2. The molecule has 0 aromatic heterocycles. The summed E-state index contributed by atoms with van der Waals surface area (Å²) >= 11 is 3.18. The van der Waals surface area contributed by atoms with Crippen LogP contribution in [0.15, 0.2) is 22.7 Å². The first-order valence-electron chi connectivity index (χ1n) is 6.29. The first-order valence-corrected chi connectivity index (χ1v) is 7.08. The minimum atomic E-state index is -0.445. The van der Waals surface area contributed by atoms with Crippen molar-refractivity contribution in [2.24, 2.45) is 5.73 Å². The molecule has 1 unspecified atom stereocenters. The van der Waals surface area contributed by atoms with Crippen LogP contribution in [0.25, 0.3) is 0 Å². The monoisotopic (exact) mass is 329 g/mol. The molecule has 6 heteroatoms. The van der Waals surface area contributed by atoms with E-state index in [1.54, 1.807) is 12.1 Å². The number of carbonyl (C=O) groups is 1. The molecule has 1 aliphatic rings. The van der Waals surface area contributed by atoms with Crippen molar-refractivity contribution in [1.82, 2.24) is 4.90 Å². The van der Waals surface area contributed by atoms with Crippen molar-refractivity contribution in [3.05, 3.63) is 28.5 Å². The summed E-state index contributed by atoms with van der Waals surface area (Å²) in [6, 6.07) is 4.83. The molecule has 1 aromatic carbocycles. The third kappa shape index (κ3) is 3.75. The van der Waals surface area contributed by atoms with Gasteiger partial charge in [0, 0.05) is 17.1 Å². The fourth-order valence-corrected chi connectivity index (χ4v) is 2.67. The molecule has 0 spiro atoms. The molecule has 19 heavy (non-hydrogen) atoms. The number of anilines is 1. The highest BCUT2D eigenvalue weighted by atomic mass is 79.9. The molecule has 1 aromatic rings. The zero-order valence-electron chi connectivity index (χ0n) is 10.5. The van der Waals surface area contributed by atoms with E-state index in [1.165, 1.54) is 6.07 Å². The number of halogens is 2. The van der Waals surface area contributed by atoms with Crippen LogP contribution < -0.4 is 11.1 Å². The Labute approximate surface area is 120 Å². The molecule has 1 fully saturated rings. The molecule has 4 nitrogen and oxygen atoms in total. The predicted octanol–water partition coefficient (Wildman–Crippen LogP) is 1.95. The van der Waals surface area contributed by atoms with Gasteiger partial charge in [0.25, 0.3) is 0 Å². The van der Waals surface area contributed by atoms with E-state index in [4.69, 9.17) is 5.73 Å². The maximum absolute atomic E-state index is 13.6. The van der Waals surface area contributed by atoms with Crippen LogP contribution in [0, 0.1) is 5.82 Å². The first-order chi connectivity index (χ1) is 9.10. The van der Waals surface area contributed by atoms with Crippen LogP contribution in [0.1, 0.15) is 12.8 Å². The molecular weight excluding hydrogens is 313 g/mol. The number of benzene rings is 1. The van der Waals surface area contributed by atoms with Crippen molar-refractivity contribution in [2.75, 3.05) is 25.0 Å². The minimum absolute atomic E-state index is 0.205. The lowest BCUT2D eigenvalue weighted by Gasteiger charge is -2.22. The number of hydrogen-bond donors (Lipinski definition) is 2. The lowest BCUT2D eigenvalue weighted by molar-refractivity contribution is -0.117. The number of nitrogens with zero attached hydrogens (tertiary/aromatic N) is 1. The number of carbonyl (C=O) groups excluding carboxylic acids is 1. The second kappa shape index (κ2) is 6.45. The van der Waals surface area contributed by atoms with E-state index in [2.05, 4.69) is 21.2 Å². The maximum Gasteiger partial charge on any atom is 0.238 e. The van der Waals surface area contributed by atoms with Gasteiger partial charge >= 0.3 is 0 Å². The van der Waals surface area contributed by atoms with Crippen LogP contribution in [0.4, 0.5) is 10.1 Å². The highest BCUT2D eigenvalue weighted by Gasteiger charge is 2.25. The Kier molecular flexibility index (Phi) is 4.90. The predicted molar refractivity (Wildman–Crippen MR) is 76.4 cm³/mol. The van der Waals surface area contributed by atoms with Crippen LogP contribution in [-0.2, 0) is 4.79 Å². The molecular formula is C13H17BrFN3O. The van der Waals surface area contributed by atoms with Crippen molar-refractivity contribution in [3.8, 4) is 0 Å². The Bertz CT molecular complexity index is 469. The Balaban J connectivity index is 1.94. The van der Waals surface area contributed by atoms with Crippen LogP contribution >= 0.6 is 15.9 Å². The Morgan fingerprint density at radius 2 is 2.37 bits per heavy atom. The van der Waals surface area contributed by atoms with Gasteiger partial charge in [-0.1, -0.05) is 15.9 Å². The number of rotatable bonds is 4. The number of nitrogens with one attached hydrogen (secondary N) is 1. The van der Waals surface area contributed by atoms with Gasteiger partial charge in [-0.2, -0.15) is 0 Å². The van der Waals surface area contributed by atoms with Gasteiger partial charge in [-0.3, -0.25) is 9.69 Å². The third-order valence-corrected chi connectivity index (χ3v) is 3.82. The quantitative estimate of drug-likeness (QED) is 0.887. The fraction of sp³-hybridized carbons (Fsp3) is 0.462. The Morgan fingerprint density at radius 1 is 1.58 bits per heavy atom. The van der Waals surface area contributed by atoms with Gasteiger partial charge in [-0.05, 0) is 37.6 Å². The van der Waals surface area contributed by atoms with E-state index in [-0.39, 0.29) is 24.2 Å². The normalized spacial score (nSPS) is 19.6. The fourth-order valence-electron chi connectivity index (χ4n) is 2.34. The summed E-state index contributed by atoms with van der Waals surface area (Å²) in [6.07, 6.45) is 2.08. The van der Waals surface area contributed by atoms with Gasteiger partial charge in [-0.25, -0.2) is 4.39 Å². The van der Waals surface area contributed by atoms with Gasteiger partial charge in [0.05, 0.1) is 12.2 Å². The summed E-state index contributed by atoms with van der Waals surface area (Å²) in [6.45, 7) is 1.69. The average molecular weight is 330 g/mol. The van der Waals surface area contributed by atoms with Gasteiger partial charge < -0.3 is 11.1 Å². The lowest BCUT2D eigenvalue weighted by atomic mass is 10.2. The molecule has 1 atom stereocenters. The number of likely N-dealkylation sites (tertiary alicyclic amines) is 1. The summed E-state index contributed by atoms with van der Waals surface area (Å²) in [7, 11) is 0. The summed E-state index contributed by atoms with van der Waals surface area (Å²) in [4.78, 5) is 13.9. The molecule has 0 aliphatic carbocycles. The van der Waals surface area contributed by atoms with E-state index in [9.17, 15) is 9.18 Å². The summed E-state index contributed by atoms with van der Waals surface area (Å²) in [5.41, 5.74) is 5.86. The van der Waals surface area contributed by atoms with Crippen LogP contribution in [-0.4, -0.2) is 36.5 Å². The van der Waals surface area contributed by atoms with Crippen LogP contribution in [0.2, 0.25) is 0 Å². The molecule has 2 rings (SSSR count). The molecule has 104 valence electrons. The molecule has 0 bridgehead atoms. The number of nitrogens with two attached hydrogens (primary N) is 1. The van der Waals surface area contributed by atoms with E-state index in [0.717, 1.165) is 19.4 Å². The van der Waals surface area contributed by atoms with Crippen molar-refractivity contribution in [2.45, 2.75) is 18.9 Å². The largest absolute Gasteiger partial charge is 0.329 e. The Morgan fingerprint density at radius 3 is 3.05 bits per heavy atom. The molecule has 3 N–H and O–H groups in total. The third-order valence-electron chi connectivity index (χ3n) is 3.32. The van der Waals surface area contributed by atoms with Crippen molar-refractivity contribution in [1.29, 1.82) is 0 Å². The Hall–Kier alpha value is -0.980. The molecule has 0 radical (unpaired) electrons. The molecule has 1 aliphatic heterocycles. The van der Waals surface area contributed by atoms with E-state index < -0.39 is 5.82 Å². The molecule has 1 saturated heterocycles. The van der Waals surface area contributed by atoms with Gasteiger partial charge in [0.1, 0.15) is 5.82 Å². The standard InChI is InChI=1S/C13H17BrFN3O/c14-9-3-4-12(11(15)6-9)17-13(19)8-18-5-1-2-10(18)7-16/h3-4,6,10H,1-2,5,7-8,16H2,(H,17,19). The SMILES string of the molecule is NCC1CCCN1CC(=O)Nc1ccc(Br)cc1F. The molecule has 1 heterocycles. The number of amides is 1. The smallest absolute Gasteiger partial charge is 0.238 e. The van der Waals surface area contributed by atoms with Crippen molar-refractivity contribution >= 4 is 27.5 Å². The minimum Gasteiger partial charge on any atom is -0.329 e. The van der Waals surface area contributed by atoms with Crippen molar-refractivity contribution < 1.29 is 9.18 Å². The average Bonchev–Trinajstić information content (AvgIpc) is 2.80. The zero-order chi connectivity index (χ0) is 13.8. The topological polar surface area (TPSA) is 58.4 Å². The highest BCUT2D eigenvalue weighted by Crippen LogP contribution is 2.20. The van der Waals surface area contributed by atoms with Gasteiger partial charge in [0.15, 0.2) is 0 Å². The lowest BCUT2D eigenvalue weighted by Crippen LogP contribution is -2.40. The van der Waals surface area contributed by atoms with Crippen LogP contribution in [0.5, 0.6) is 0 Å². The van der Waals surface area contributed by atoms with E-state index in [1.807, 2.05) is 4.90 Å².